The van der Waals surface area contributed by atoms with Gasteiger partial charge >= 0.3 is 6.18 Å². The zero-order valence-corrected chi connectivity index (χ0v) is 15.0. The van der Waals surface area contributed by atoms with Gasteiger partial charge in [-0.3, -0.25) is 4.79 Å². The quantitative estimate of drug-likeness (QED) is 0.734. The van der Waals surface area contributed by atoms with Crippen LogP contribution < -0.4 is 20.1 Å². The van der Waals surface area contributed by atoms with Crippen LogP contribution in [0.25, 0.3) is 0 Å². The van der Waals surface area contributed by atoms with E-state index in [1.807, 2.05) is 12.1 Å². The van der Waals surface area contributed by atoms with Gasteiger partial charge in [-0.2, -0.15) is 13.2 Å². The highest BCUT2D eigenvalue weighted by Crippen LogP contribution is 2.30. The molecule has 0 saturated carbocycles. The molecule has 2 aromatic rings. The average molecular weight is 382 g/mol. The molecule has 0 saturated heterocycles. The lowest BCUT2D eigenvalue weighted by Crippen LogP contribution is -2.31. The van der Waals surface area contributed by atoms with Gasteiger partial charge in [0.05, 0.1) is 26.3 Å². The topological polar surface area (TPSA) is 59.6 Å². The van der Waals surface area contributed by atoms with Crippen LogP contribution in [0, 0.1) is 0 Å². The Morgan fingerprint density at radius 1 is 1.04 bits per heavy atom. The zero-order chi connectivity index (χ0) is 19.9. The summed E-state index contributed by atoms with van der Waals surface area (Å²) in [5, 5.41) is 5.41. The van der Waals surface area contributed by atoms with Crippen LogP contribution in [0.15, 0.2) is 42.5 Å². The molecule has 2 rings (SSSR count). The van der Waals surface area contributed by atoms with Crippen molar-refractivity contribution in [3.8, 4) is 11.5 Å². The van der Waals surface area contributed by atoms with Crippen LogP contribution in [0.3, 0.4) is 0 Å². The van der Waals surface area contributed by atoms with Crippen LogP contribution in [0.2, 0.25) is 0 Å². The molecule has 0 radical (unpaired) electrons. The van der Waals surface area contributed by atoms with Gasteiger partial charge in [-0.05, 0) is 42.3 Å². The van der Waals surface area contributed by atoms with Crippen LogP contribution in [0.1, 0.15) is 11.1 Å². The molecule has 0 aliphatic heterocycles. The van der Waals surface area contributed by atoms with E-state index >= 15 is 0 Å². The Labute approximate surface area is 155 Å². The summed E-state index contributed by atoms with van der Waals surface area (Å²) in [6.45, 7) is 0.270. The average Bonchev–Trinajstić information content (AvgIpc) is 2.65. The van der Waals surface area contributed by atoms with Gasteiger partial charge in [-0.1, -0.05) is 12.1 Å². The number of alkyl halides is 3. The molecule has 0 atom stereocenters. The summed E-state index contributed by atoms with van der Waals surface area (Å²) < 4.78 is 48.4. The molecule has 2 aromatic carbocycles. The third-order valence-electron chi connectivity index (χ3n) is 3.83. The molecule has 0 aliphatic rings. The Morgan fingerprint density at radius 2 is 1.78 bits per heavy atom. The van der Waals surface area contributed by atoms with Crippen molar-refractivity contribution in [2.24, 2.45) is 0 Å². The van der Waals surface area contributed by atoms with Crippen LogP contribution in [0.5, 0.6) is 11.5 Å². The third kappa shape index (κ3) is 6.09. The fourth-order valence-electron chi connectivity index (χ4n) is 2.43. The van der Waals surface area contributed by atoms with Gasteiger partial charge in [0, 0.05) is 12.2 Å². The first-order valence-corrected chi connectivity index (χ1v) is 8.22. The van der Waals surface area contributed by atoms with Gasteiger partial charge in [0.2, 0.25) is 5.91 Å². The Morgan fingerprint density at radius 3 is 2.44 bits per heavy atom. The minimum Gasteiger partial charge on any atom is -0.493 e. The van der Waals surface area contributed by atoms with Gasteiger partial charge in [0.15, 0.2) is 11.5 Å². The van der Waals surface area contributed by atoms with Crippen molar-refractivity contribution in [3.63, 3.8) is 0 Å². The number of benzene rings is 2. The lowest BCUT2D eigenvalue weighted by atomic mass is 10.1. The Hall–Kier alpha value is -2.90. The smallest absolute Gasteiger partial charge is 0.416 e. The van der Waals surface area contributed by atoms with E-state index < -0.39 is 11.7 Å². The Balaban J connectivity index is 1.80. The van der Waals surface area contributed by atoms with E-state index in [1.165, 1.54) is 12.1 Å². The molecule has 0 aromatic heterocycles. The first kappa shape index (κ1) is 20.4. The number of ether oxygens (including phenoxy) is 2. The molecule has 0 bridgehead atoms. The SMILES string of the molecule is COc1ccc(CCNC(=O)CNc2cccc(C(F)(F)F)c2)cc1OC. The van der Waals surface area contributed by atoms with Crippen LogP contribution in [-0.2, 0) is 17.4 Å². The second-order valence-electron chi connectivity index (χ2n) is 5.72. The van der Waals surface area contributed by atoms with Crippen molar-refractivity contribution in [3.05, 3.63) is 53.6 Å². The minimum atomic E-state index is -4.42. The summed E-state index contributed by atoms with van der Waals surface area (Å²) in [5.74, 6) is 0.913. The number of nitrogens with one attached hydrogen (secondary N) is 2. The molecular formula is C19H21F3N2O3. The maximum Gasteiger partial charge on any atom is 0.416 e. The van der Waals surface area contributed by atoms with E-state index in [4.69, 9.17) is 9.47 Å². The van der Waals surface area contributed by atoms with Crippen molar-refractivity contribution >= 4 is 11.6 Å². The Kier molecular flexibility index (Phi) is 6.92. The second-order valence-corrected chi connectivity index (χ2v) is 5.72. The highest BCUT2D eigenvalue weighted by atomic mass is 19.4. The number of methoxy groups -OCH3 is 2. The molecule has 0 fully saturated rings. The van der Waals surface area contributed by atoms with Crippen molar-refractivity contribution < 1.29 is 27.4 Å². The van der Waals surface area contributed by atoms with E-state index in [9.17, 15) is 18.0 Å². The minimum absolute atomic E-state index is 0.118. The summed E-state index contributed by atoms with van der Waals surface area (Å²) in [7, 11) is 3.10. The predicted octanol–water partition coefficient (Wildman–Crippen LogP) is 3.49. The van der Waals surface area contributed by atoms with Crippen molar-refractivity contribution in [2.45, 2.75) is 12.6 Å². The van der Waals surface area contributed by atoms with Gasteiger partial charge in [0.25, 0.3) is 0 Å². The summed E-state index contributed by atoms with van der Waals surface area (Å²) >= 11 is 0. The van der Waals surface area contributed by atoms with Crippen molar-refractivity contribution in [2.75, 3.05) is 32.6 Å². The zero-order valence-electron chi connectivity index (χ0n) is 15.0. The summed E-state index contributed by atoms with van der Waals surface area (Å²) in [5.41, 5.74) is 0.431. The van der Waals surface area contributed by atoms with Crippen LogP contribution >= 0.6 is 0 Å². The highest BCUT2D eigenvalue weighted by molar-refractivity contribution is 5.80. The first-order chi connectivity index (χ1) is 12.8. The fraction of sp³-hybridized carbons (Fsp3) is 0.316. The van der Waals surface area contributed by atoms with Gasteiger partial charge in [-0.15, -0.1) is 0 Å². The molecule has 0 spiro atoms. The molecule has 5 nitrogen and oxygen atoms in total. The molecule has 0 unspecified atom stereocenters. The largest absolute Gasteiger partial charge is 0.493 e. The normalized spacial score (nSPS) is 11.0. The first-order valence-electron chi connectivity index (χ1n) is 8.22. The number of hydrogen-bond acceptors (Lipinski definition) is 4. The molecule has 8 heteroatoms. The van der Waals surface area contributed by atoms with E-state index in [0.29, 0.717) is 24.5 Å². The number of amides is 1. The second kappa shape index (κ2) is 9.16. The molecular weight excluding hydrogens is 361 g/mol. The molecule has 0 aliphatic carbocycles. The Bertz CT molecular complexity index is 779. The number of carbonyl (C=O) groups is 1. The fourth-order valence-corrected chi connectivity index (χ4v) is 2.43. The molecule has 1 amide bonds. The third-order valence-corrected chi connectivity index (χ3v) is 3.83. The van der Waals surface area contributed by atoms with Crippen molar-refractivity contribution in [1.29, 1.82) is 0 Å². The number of rotatable bonds is 8. The summed E-state index contributed by atoms with van der Waals surface area (Å²) in [6, 6.07) is 10.2. The highest BCUT2D eigenvalue weighted by Gasteiger charge is 2.30. The lowest BCUT2D eigenvalue weighted by Gasteiger charge is -2.11. The van der Waals surface area contributed by atoms with E-state index in [2.05, 4.69) is 10.6 Å². The number of hydrogen-bond donors (Lipinski definition) is 2. The number of carbonyl (C=O) groups excluding carboxylic acids is 1. The molecule has 2 N–H and O–H groups in total. The standard InChI is InChI=1S/C19H21F3N2O3/c1-26-16-7-6-13(10-17(16)27-2)8-9-23-18(25)12-24-15-5-3-4-14(11-15)19(20,21)22/h3-7,10-11,24H,8-9,12H2,1-2H3,(H,23,25). The van der Waals surface area contributed by atoms with Crippen LogP contribution in [0.4, 0.5) is 18.9 Å². The van der Waals surface area contributed by atoms with Gasteiger partial charge in [0.1, 0.15) is 0 Å². The molecule has 146 valence electrons. The van der Waals surface area contributed by atoms with Gasteiger partial charge < -0.3 is 20.1 Å². The number of halogens is 3. The van der Waals surface area contributed by atoms with E-state index in [-0.39, 0.29) is 18.1 Å². The van der Waals surface area contributed by atoms with E-state index in [0.717, 1.165) is 17.7 Å². The summed E-state index contributed by atoms with van der Waals surface area (Å²) in [4.78, 5) is 11.9. The lowest BCUT2D eigenvalue weighted by molar-refractivity contribution is -0.137. The van der Waals surface area contributed by atoms with Gasteiger partial charge in [-0.25, -0.2) is 0 Å². The maximum atomic E-state index is 12.7. The maximum absolute atomic E-state index is 12.7. The van der Waals surface area contributed by atoms with Crippen LogP contribution in [-0.4, -0.2) is 33.2 Å². The predicted molar refractivity (Wildman–Crippen MR) is 96.2 cm³/mol. The van der Waals surface area contributed by atoms with Crippen molar-refractivity contribution in [1.82, 2.24) is 5.32 Å². The molecule has 0 heterocycles. The monoisotopic (exact) mass is 382 g/mol. The number of anilines is 1. The summed E-state index contributed by atoms with van der Waals surface area (Å²) in [6.07, 6.45) is -3.84. The molecule has 27 heavy (non-hydrogen) atoms. The van der Waals surface area contributed by atoms with E-state index in [1.54, 1.807) is 20.3 Å².